The van der Waals surface area contributed by atoms with E-state index in [2.05, 4.69) is 68.7 Å². The molecule has 5 rings (SSSR count). The third kappa shape index (κ3) is 8.63. The highest BCUT2D eigenvalue weighted by Crippen LogP contribution is 2.30. The Bertz CT molecular complexity index is 1550. The van der Waals surface area contributed by atoms with Gasteiger partial charge in [0.2, 0.25) is 0 Å². The van der Waals surface area contributed by atoms with E-state index in [-0.39, 0.29) is 5.56 Å². The molecule has 0 amide bonds. The maximum atomic E-state index is 11.8. The Kier molecular flexibility index (Phi) is 10.5. The molecule has 1 aliphatic rings. The van der Waals surface area contributed by atoms with E-state index < -0.39 is 18.1 Å². The Morgan fingerprint density at radius 3 is 2.30 bits per heavy atom. The molecule has 0 aliphatic carbocycles. The molecule has 4 aromatic rings. The number of carbonyl (C=O) groups is 2. The van der Waals surface area contributed by atoms with Gasteiger partial charge in [-0.2, -0.15) is 13.2 Å². The van der Waals surface area contributed by atoms with Gasteiger partial charge in [0, 0.05) is 19.6 Å². The van der Waals surface area contributed by atoms with E-state index in [4.69, 9.17) is 14.6 Å². The van der Waals surface area contributed by atoms with Gasteiger partial charge >= 0.3 is 18.1 Å². The number of morpholine rings is 1. The van der Waals surface area contributed by atoms with Crippen LogP contribution in [0.5, 0.6) is 0 Å². The zero-order valence-corrected chi connectivity index (χ0v) is 23.6. The number of nitrogens with zero attached hydrogens (tertiary/aromatic N) is 2. The van der Waals surface area contributed by atoms with Gasteiger partial charge in [-0.1, -0.05) is 48.5 Å². The molecule has 43 heavy (non-hydrogen) atoms. The van der Waals surface area contributed by atoms with Crippen molar-refractivity contribution in [3.8, 4) is 22.3 Å². The summed E-state index contributed by atoms with van der Waals surface area (Å²) < 4.78 is 37.2. The fraction of sp³-hybridized carbons (Fsp3) is 0.323. The fourth-order valence-corrected chi connectivity index (χ4v) is 4.84. The molecule has 4 N–H and O–H groups in total. The van der Waals surface area contributed by atoms with Crippen LogP contribution in [0.1, 0.15) is 28.2 Å². The van der Waals surface area contributed by atoms with Crippen LogP contribution in [0.2, 0.25) is 0 Å². The van der Waals surface area contributed by atoms with Crippen molar-refractivity contribution in [1.29, 1.82) is 0 Å². The molecule has 0 bridgehead atoms. The topological polar surface area (TPSA) is 128 Å². The van der Waals surface area contributed by atoms with Crippen molar-refractivity contribution in [2.24, 2.45) is 0 Å². The smallest absolute Gasteiger partial charge is 0.478 e. The number of hydrogen-bond donors (Lipinski definition) is 4. The molecule has 1 aromatic heterocycles. The van der Waals surface area contributed by atoms with Gasteiger partial charge in [-0.15, -0.1) is 0 Å². The van der Waals surface area contributed by atoms with E-state index in [0.29, 0.717) is 11.3 Å². The minimum Gasteiger partial charge on any atom is -0.478 e. The highest BCUT2D eigenvalue weighted by molar-refractivity contribution is 6.03. The van der Waals surface area contributed by atoms with Crippen molar-refractivity contribution in [2.45, 2.75) is 26.1 Å². The Morgan fingerprint density at radius 1 is 1.00 bits per heavy atom. The molecule has 2 heterocycles. The number of benzene rings is 3. The van der Waals surface area contributed by atoms with Crippen LogP contribution in [0.25, 0.3) is 33.3 Å². The molecule has 12 heteroatoms. The summed E-state index contributed by atoms with van der Waals surface area (Å²) in [7, 11) is 0. The molecule has 1 aliphatic heterocycles. The normalized spacial score (nSPS) is 13.9. The molecule has 9 nitrogen and oxygen atoms in total. The van der Waals surface area contributed by atoms with Crippen LogP contribution in [0.3, 0.4) is 0 Å². The molecule has 0 atom stereocenters. The number of aromatic nitrogens is 2. The molecule has 0 saturated carbocycles. The number of fused-ring (bicyclic) bond motifs is 1. The number of ether oxygens (including phenoxy) is 1. The van der Waals surface area contributed by atoms with E-state index in [9.17, 15) is 23.1 Å². The zero-order chi connectivity index (χ0) is 31.0. The van der Waals surface area contributed by atoms with Gasteiger partial charge in [-0.05, 0) is 66.4 Å². The summed E-state index contributed by atoms with van der Waals surface area (Å²) in [6, 6.07) is 20.5. The number of aliphatic carboxylic acids is 1. The quantitative estimate of drug-likeness (QED) is 0.190. The van der Waals surface area contributed by atoms with Crippen LogP contribution < -0.4 is 5.32 Å². The zero-order valence-electron chi connectivity index (χ0n) is 23.6. The first kappa shape index (κ1) is 31.7. The van der Waals surface area contributed by atoms with Crippen molar-refractivity contribution in [1.82, 2.24) is 20.2 Å². The third-order valence-corrected chi connectivity index (χ3v) is 6.97. The van der Waals surface area contributed by atoms with Crippen LogP contribution in [-0.2, 0) is 16.1 Å². The summed E-state index contributed by atoms with van der Waals surface area (Å²) in [6.45, 7) is 8.49. The van der Waals surface area contributed by atoms with Gasteiger partial charge < -0.3 is 25.3 Å². The summed E-state index contributed by atoms with van der Waals surface area (Å²) in [4.78, 5) is 30.7. The fourth-order valence-electron chi connectivity index (χ4n) is 4.84. The second kappa shape index (κ2) is 14.3. The lowest BCUT2D eigenvalue weighted by atomic mass is 9.96. The maximum Gasteiger partial charge on any atom is 0.490 e. The molecule has 0 spiro atoms. The minimum absolute atomic E-state index is 0.209. The number of alkyl halides is 3. The lowest BCUT2D eigenvalue weighted by Gasteiger charge is -2.26. The van der Waals surface area contributed by atoms with Crippen LogP contribution in [0, 0.1) is 6.92 Å². The monoisotopic (exact) mass is 598 g/mol. The number of aromatic carboxylic acids is 1. The summed E-state index contributed by atoms with van der Waals surface area (Å²) in [5.41, 5.74) is 6.86. The number of nitrogens with one attached hydrogen (secondary N) is 2. The Balaban J connectivity index is 0.000000541. The van der Waals surface area contributed by atoms with Gasteiger partial charge in [-0.25, -0.2) is 14.6 Å². The number of rotatable bonds is 9. The number of aryl methyl sites for hydroxylation is 1. The molecule has 3 aromatic carbocycles. The summed E-state index contributed by atoms with van der Waals surface area (Å²) >= 11 is 0. The maximum absolute atomic E-state index is 11.8. The van der Waals surface area contributed by atoms with Crippen molar-refractivity contribution in [2.75, 3.05) is 39.4 Å². The first-order chi connectivity index (χ1) is 20.5. The van der Waals surface area contributed by atoms with Crippen molar-refractivity contribution < 1.29 is 37.7 Å². The van der Waals surface area contributed by atoms with Crippen molar-refractivity contribution in [3.63, 3.8) is 0 Å². The van der Waals surface area contributed by atoms with E-state index in [1.807, 2.05) is 13.0 Å². The molecule has 228 valence electrons. The van der Waals surface area contributed by atoms with E-state index in [1.165, 1.54) is 11.1 Å². The van der Waals surface area contributed by atoms with Gasteiger partial charge in [0.25, 0.3) is 0 Å². The molecular weight excluding hydrogens is 565 g/mol. The lowest BCUT2D eigenvalue weighted by Crippen LogP contribution is -2.37. The number of carboxylic acids is 2. The highest BCUT2D eigenvalue weighted by atomic mass is 19.4. The van der Waals surface area contributed by atoms with E-state index in [0.717, 1.165) is 74.6 Å². The van der Waals surface area contributed by atoms with Crippen LogP contribution in [0.15, 0.2) is 60.7 Å². The van der Waals surface area contributed by atoms with Gasteiger partial charge in [-0.3, -0.25) is 4.90 Å². The average molecular weight is 599 g/mol. The average Bonchev–Trinajstić information content (AvgIpc) is 3.37. The summed E-state index contributed by atoms with van der Waals surface area (Å²) in [5, 5.41) is 20.4. The van der Waals surface area contributed by atoms with Crippen LogP contribution in [-0.4, -0.2) is 82.6 Å². The van der Waals surface area contributed by atoms with Crippen molar-refractivity contribution >= 4 is 23.0 Å². The first-order valence-electron chi connectivity index (χ1n) is 13.8. The van der Waals surface area contributed by atoms with Crippen molar-refractivity contribution in [3.05, 3.63) is 77.6 Å². The van der Waals surface area contributed by atoms with Gasteiger partial charge in [0.05, 0.1) is 24.3 Å². The summed E-state index contributed by atoms with van der Waals surface area (Å²) in [6.07, 6.45) is -3.96. The molecule has 0 unspecified atom stereocenters. The Hall–Kier alpha value is -4.26. The number of hydrogen-bond acceptors (Lipinski definition) is 6. The molecule has 1 saturated heterocycles. The van der Waals surface area contributed by atoms with Crippen LogP contribution in [0.4, 0.5) is 13.2 Å². The number of aromatic amines is 1. The minimum atomic E-state index is -5.08. The number of halogens is 3. The second-order valence-electron chi connectivity index (χ2n) is 10.1. The highest BCUT2D eigenvalue weighted by Gasteiger charge is 2.38. The summed E-state index contributed by atoms with van der Waals surface area (Å²) in [5.74, 6) is -3.03. The van der Waals surface area contributed by atoms with Gasteiger partial charge in [0.1, 0.15) is 11.3 Å². The third-order valence-electron chi connectivity index (χ3n) is 6.97. The SMILES string of the molecule is Cc1nc2c(C(=O)O)cc(-c3ccc(-c4ccccc4CNCCCN4CCOCC4)cc3)cc2[nH]1.O=C(O)C(F)(F)F. The lowest BCUT2D eigenvalue weighted by molar-refractivity contribution is -0.192. The predicted octanol–water partition coefficient (Wildman–Crippen LogP) is 5.35. The molecule has 1 fully saturated rings. The predicted molar refractivity (Wildman–Crippen MR) is 156 cm³/mol. The largest absolute Gasteiger partial charge is 0.490 e. The molecular formula is C31H33F3N4O5. The van der Waals surface area contributed by atoms with Crippen LogP contribution >= 0.6 is 0 Å². The van der Waals surface area contributed by atoms with Gasteiger partial charge in [0.15, 0.2) is 0 Å². The molecule has 0 radical (unpaired) electrons. The second-order valence-corrected chi connectivity index (χ2v) is 10.1. The number of carboxylic acid groups (broad SMARTS) is 2. The first-order valence-corrected chi connectivity index (χ1v) is 13.8. The number of imidazole rings is 1. The number of H-pyrrole nitrogens is 1. The Morgan fingerprint density at radius 2 is 1.65 bits per heavy atom. The van der Waals surface area contributed by atoms with E-state index >= 15 is 0 Å². The Labute approximate surface area is 246 Å². The standard InChI is InChI=1S/C29H32N4O3.C2HF3O2/c1-20-31-27-18-24(17-26(29(34)35)28(27)32-20)21-7-9-22(10-8-21)25-6-3-2-5-23(25)19-30-11-4-12-33-13-15-36-16-14-33;3-2(4,5)1(6)7/h2-3,5-10,17-18,30H,4,11-16,19H2,1H3,(H,31,32)(H,34,35);(H,6,7). The van der Waals surface area contributed by atoms with E-state index in [1.54, 1.807) is 6.07 Å².